The van der Waals surface area contributed by atoms with Crippen LogP contribution in [0, 0.1) is 6.92 Å². The molecular weight excluding hydrogens is 286 g/mol. The Labute approximate surface area is 136 Å². The van der Waals surface area contributed by atoms with Gasteiger partial charge in [-0.2, -0.15) is 0 Å². The maximum Gasteiger partial charge on any atom is 0.254 e. The highest BCUT2D eigenvalue weighted by molar-refractivity contribution is 5.94. The highest BCUT2D eigenvalue weighted by Crippen LogP contribution is 2.15. The molecule has 0 spiro atoms. The molecule has 0 aliphatic heterocycles. The van der Waals surface area contributed by atoms with E-state index in [1.807, 2.05) is 73.7 Å². The molecule has 0 atom stereocenters. The van der Waals surface area contributed by atoms with Crippen LogP contribution in [-0.2, 0) is 13.1 Å². The molecule has 0 aliphatic rings. The number of amides is 1. The van der Waals surface area contributed by atoms with Crippen molar-refractivity contribution in [3.8, 4) is 0 Å². The summed E-state index contributed by atoms with van der Waals surface area (Å²) < 4.78 is 5.41. The van der Waals surface area contributed by atoms with E-state index in [0.29, 0.717) is 18.7 Å². The van der Waals surface area contributed by atoms with E-state index in [-0.39, 0.29) is 5.91 Å². The first-order valence-electron chi connectivity index (χ1n) is 7.64. The largest absolute Gasteiger partial charge is 0.467 e. The molecule has 3 aromatic rings. The molecule has 0 unspecified atom stereocenters. The van der Waals surface area contributed by atoms with Crippen molar-refractivity contribution in [3.05, 3.63) is 95.4 Å². The summed E-state index contributed by atoms with van der Waals surface area (Å²) in [6.07, 6.45) is 1.63. The predicted octanol–water partition coefficient (Wildman–Crippen LogP) is 4.43. The summed E-state index contributed by atoms with van der Waals surface area (Å²) in [6.45, 7) is 3.02. The average molecular weight is 305 g/mol. The van der Waals surface area contributed by atoms with E-state index < -0.39 is 0 Å². The minimum atomic E-state index is 0.00486. The Morgan fingerprint density at radius 2 is 1.65 bits per heavy atom. The van der Waals surface area contributed by atoms with Crippen LogP contribution in [0.5, 0.6) is 0 Å². The quantitative estimate of drug-likeness (QED) is 0.698. The molecule has 0 saturated heterocycles. The van der Waals surface area contributed by atoms with Crippen molar-refractivity contribution in [2.75, 3.05) is 0 Å². The lowest BCUT2D eigenvalue weighted by molar-refractivity contribution is 0.0717. The van der Waals surface area contributed by atoms with Crippen molar-refractivity contribution in [3.63, 3.8) is 0 Å². The highest BCUT2D eigenvalue weighted by atomic mass is 16.3. The first-order valence-corrected chi connectivity index (χ1v) is 7.64. The number of rotatable bonds is 5. The number of hydrogen-bond donors (Lipinski definition) is 0. The van der Waals surface area contributed by atoms with Crippen LogP contribution >= 0.6 is 0 Å². The van der Waals surface area contributed by atoms with Crippen LogP contribution in [-0.4, -0.2) is 10.8 Å². The fourth-order valence-electron chi connectivity index (χ4n) is 2.47. The standard InChI is InChI=1S/C20H19NO2/c1-16-9-11-18(12-10-16)20(22)21(15-19-8-5-13-23-19)14-17-6-3-2-4-7-17/h2-13H,14-15H2,1H3. The molecule has 2 aromatic carbocycles. The second kappa shape index (κ2) is 6.97. The van der Waals surface area contributed by atoms with Gasteiger partial charge in [0.15, 0.2) is 0 Å². The summed E-state index contributed by atoms with van der Waals surface area (Å²) in [6, 6.07) is 21.4. The van der Waals surface area contributed by atoms with Gasteiger partial charge in [0.1, 0.15) is 5.76 Å². The summed E-state index contributed by atoms with van der Waals surface area (Å²) >= 11 is 0. The predicted molar refractivity (Wildman–Crippen MR) is 89.9 cm³/mol. The van der Waals surface area contributed by atoms with Crippen molar-refractivity contribution in [2.24, 2.45) is 0 Å². The minimum Gasteiger partial charge on any atom is -0.467 e. The fourth-order valence-corrected chi connectivity index (χ4v) is 2.47. The lowest BCUT2D eigenvalue weighted by Gasteiger charge is -2.22. The number of hydrogen-bond acceptors (Lipinski definition) is 2. The van der Waals surface area contributed by atoms with E-state index in [1.54, 1.807) is 11.2 Å². The monoisotopic (exact) mass is 305 g/mol. The van der Waals surface area contributed by atoms with E-state index in [4.69, 9.17) is 4.42 Å². The van der Waals surface area contributed by atoms with Crippen molar-refractivity contribution in [1.82, 2.24) is 4.90 Å². The maximum atomic E-state index is 12.9. The fraction of sp³-hybridized carbons (Fsp3) is 0.150. The Bertz CT molecular complexity index is 746. The topological polar surface area (TPSA) is 33.5 Å². The lowest BCUT2D eigenvalue weighted by Crippen LogP contribution is -2.30. The first kappa shape index (κ1) is 15.1. The number of carbonyl (C=O) groups is 1. The van der Waals surface area contributed by atoms with Crippen LogP contribution in [0.3, 0.4) is 0 Å². The Balaban J connectivity index is 1.84. The molecule has 23 heavy (non-hydrogen) atoms. The molecule has 0 bridgehead atoms. The zero-order valence-electron chi connectivity index (χ0n) is 13.1. The van der Waals surface area contributed by atoms with Crippen LogP contribution in [0.1, 0.15) is 27.2 Å². The van der Waals surface area contributed by atoms with Gasteiger partial charge in [-0.15, -0.1) is 0 Å². The first-order chi connectivity index (χ1) is 11.2. The maximum absolute atomic E-state index is 12.9. The number of benzene rings is 2. The minimum absolute atomic E-state index is 0.00486. The summed E-state index contributed by atoms with van der Waals surface area (Å²) in [4.78, 5) is 14.7. The molecule has 0 saturated carbocycles. The van der Waals surface area contributed by atoms with Gasteiger partial charge in [-0.25, -0.2) is 0 Å². The normalized spacial score (nSPS) is 10.5. The third-order valence-corrected chi connectivity index (χ3v) is 3.73. The van der Waals surface area contributed by atoms with Crippen molar-refractivity contribution >= 4 is 5.91 Å². The Kier molecular flexibility index (Phi) is 4.57. The molecule has 0 aliphatic carbocycles. The van der Waals surface area contributed by atoms with Gasteiger partial charge in [0.2, 0.25) is 0 Å². The summed E-state index contributed by atoms with van der Waals surface area (Å²) in [5, 5.41) is 0. The Hall–Kier alpha value is -2.81. The number of furan rings is 1. The molecule has 0 radical (unpaired) electrons. The van der Waals surface area contributed by atoms with Crippen molar-refractivity contribution in [2.45, 2.75) is 20.0 Å². The summed E-state index contributed by atoms with van der Waals surface area (Å²) in [5.74, 6) is 0.784. The number of carbonyl (C=O) groups excluding carboxylic acids is 1. The van der Waals surface area contributed by atoms with E-state index in [1.165, 1.54) is 0 Å². The van der Waals surface area contributed by atoms with Crippen LogP contribution in [0.2, 0.25) is 0 Å². The van der Waals surface area contributed by atoms with Gasteiger partial charge in [0.05, 0.1) is 12.8 Å². The molecule has 0 N–H and O–H groups in total. The summed E-state index contributed by atoms with van der Waals surface area (Å²) in [5.41, 5.74) is 2.93. The second-order valence-corrected chi connectivity index (χ2v) is 5.59. The molecule has 0 fully saturated rings. The molecule has 1 heterocycles. The van der Waals surface area contributed by atoms with Gasteiger partial charge in [-0.05, 0) is 36.8 Å². The molecule has 116 valence electrons. The Morgan fingerprint density at radius 3 is 2.30 bits per heavy atom. The highest BCUT2D eigenvalue weighted by Gasteiger charge is 2.17. The molecule has 1 amide bonds. The van der Waals surface area contributed by atoms with Gasteiger partial charge in [0, 0.05) is 12.1 Å². The lowest BCUT2D eigenvalue weighted by atomic mass is 10.1. The zero-order valence-corrected chi connectivity index (χ0v) is 13.1. The average Bonchev–Trinajstić information content (AvgIpc) is 3.08. The van der Waals surface area contributed by atoms with Crippen LogP contribution in [0.25, 0.3) is 0 Å². The number of aryl methyl sites for hydroxylation is 1. The second-order valence-electron chi connectivity index (χ2n) is 5.59. The van der Waals surface area contributed by atoms with Crippen molar-refractivity contribution in [1.29, 1.82) is 0 Å². The molecule has 1 aromatic heterocycles. The zero-order chi connectivity index (χ0) is 16.1. The third-order valence-electron chi connectivity index (χ3n) is 3.73. The van der Waals surface area contributed by atoms with Crippen LogP contribution < -0.4 is 0 Å². The van der Waals surface area contributed by atoms with E-state index in [0.717, 1.165) is 16.9 Å². The van der Waals surface area contributed by atoms with E-state index >= 15 is 0 Å². The van der Waals surface area contributed by atoms with Crippen LogP contribution in [0.4, 0.5) is 0 Å². The van der Waals surface area contributed by atoms with Crippen molar-refractivity contribution < 1.29 is 9.21 Å². The van der Waals surface area contributed by atoms with Gasteiger partial charge >= 0.3 is 0 Å². The smallest absolute Gasteiger partial charge is 0.254 e. The number of nitrogens with zero attached hydrogens (tertiary/aromatic N) is 1. The van der Waals surface area contributed by atoms with Gasteiger partial charge in [0.25, 0.3) is 5.91 Å². The van der Waals surface area contributed by atoms with E-state index in [2.05, 4.69) is 0 Å². The summed E-state index contributed by atoms with van der Waals surface area (Å²) in [7, 11) is 0. The SMILES string of the molecule is Cc1ccc(C(=O)N(Cc2ccccc2)Cc2ccco2)cc1. The Morgan fingerprint density at radius 1 is 0.913 bits per heavy atom. The van der Waals surface area contributed by atoms with Gasteiger partial charge in [-0.1, -0.05) is 48.0 Å². The molecule has 3 nitrogen and oxygen atoms in total. The van der Waals surface area contributed by atoms with Crippen LogP contribution in [0.15, 0.2) is 77.4 Å². The van der Waals surface area contributed by atoms with E-state index in [9.17, 15) is 4.79 Å². The van der Waals surface area contributed by atoms with Gasteiger partial charge in [-0.3, -0.25) is 4.79 Å². The molecule has 3 heteroatoms. The molecule has 3 rings (SSSR count). The third kappa shape index (κ3) is 3.89. The van der Waals surface area contributed by atoms with Gasteiger partial charge < -0.3 is 9.32 Å². The molecular formula is C20H19NO2.